The molecular formula is C40H35N3O3. The van der Waals surface area contributed by atoms with Crippen LogP contribution in [0.4, 0.5) is 0 Å². The summed E-state index contributed by atoms with van der Waals surface area (Å²) < 4.78 is 14.5. The van der Waals surface area contributed by atoms with Gasteiger partial charge in [-0.2, -0.15) is 0 Å². The highest BCUT2D eigenvalue weighted by atomic mass is 16.5. The minimum absolute atomic E-state index is 0.348. The van der Waals surface area contributed by atoms with Crippen LogP contribution in [0.3, 0.4) is 0 Å². The van der Waals surface area contributed by atoms with Crippen LogP contribution >= 0.6 is 0 Å². The number of benzene rings is 5. The number of hydrogen-bond acceptors (Lipinski definition) is 5. The molecule has 6 nitrogen and oxygen atoms in total. The monoisotopic (exact) mass is 605 g/mol. The summed E-state index contributed by atoms with van der Waals surface area (Å²) in [5, 5.41) is 0. The van der Waals surface area contributed by atoms with Crippen molar-refractivity contribution < 1.29 is 13.9 Å². The minimum Gasteiger partial charge on any atom is -0.436 e. The lowest BCUT2D eigenvalue weighted by atomic mass is 10.0. The number of hydrogen-bond donors (Lipinski definition) is 0. The Morgan fingerprint density at radius 3 is 2.37 bits per heavy atom. The predicted octanol–water partition coefficient (Wildman–Crippen LogP) is 9.34. The lowest BCUT2D eigenvalue weighted by molar-refractivity contribution is -0.131. The molecule has 46 heavy (non-hydrogen) atoms. The van der Waals surface area contributed by atoms with Gasteiger partial charge in [-0.25, -0.2) is 9.97 Å². The van der Waals surface area contributed by atoms with Crippen molar-refractivity contribution in [3.8, 4) is 28.3 Å². The van der Waals surface area contributed by atoms with Crippen LogP contribution in [-0.2, 0) is 24.2 Å². The molecule has 0 radical (unpaired) electrons. The number of ether oxygens (including phenoxy) is 1. The van der Waals surface area contributed by atoms with E-state index in [1.807, 2.05) is 60.7 Å². The van der Waals surface area contributed by atoms with Crippen molar-refractivity contribution >= 4 is 28.1 Å². The Hall–Kier alpha value is -5.49. The van der Waals surface area contributed by atoms with Crippen molar-refractivity contribution in [2.24, 2.45) is 0 Å². The molecule has 0 aliphatic rings. The molecule has 0 aliphatic heterocycles. The number of aryl methyl sites for hydroxylation is 2. The van der Waals surface area contributed by atoms with Gasteiger partial charge in [0.15, 0.2) is 5.58 Å². The summed E-state index contributed by atoms with van der Waals surface area (Å²) in [5.74, 6) is 1.81. The van der Waals surface area contributed by atoms with Crippen molar-refractivity contribution in [1.82, 2.24) is 14.5 Å². The molecule has 2 heterocycles. The van der Waals surface area contributed by atoms with Gasteiger partial charge in [-0.3, -0.25) is 4.79 Å². The fourth-order valence-electron chi connectivity index (χ4n) is 6.18. The number of nitrogens with zero attached hydrogens (tertiary/aromatic N) is 3. The number of carbonyl (C=O) groups is 1. The summed E-state index contributed by atoms with van der Waals surface area (Å²) in [7, 11) is 0. The highest BCUT2D eigenvalue weighted by Gasteiger charge is 2.19. The van der Waals surface area contributed by atoms with Crippen molar-refractivity contribution in [2.45, 2.75) is 46.6 Å². The normalized spacial score (nSPS) is 11.4. The summed E-state index contributed by atoms with van der Waals surface area (Å²) in [6.45, 7) is 6.27. The standard InChI is InChI=1S/C40H35N3O3/c1-4-12-37-42-38-26(2)21-32(40-41-34-18-11-17-31(39(34)46-40)22-28-13-7-5-8-14-28)24-35(38)43(37)25-29-19-20-33(30-15-9-6-10-16-30)36(23-29)45-27(3)44/h5-11,13-21,23-24H,4,12,22,25H2,1-3H3. The van der Waals surface area contributed by atoms with Crippen LogP contribution in [0.2, 0.25) is 0 Å². The molecule has 0 aliphatic carbocycles. The number of esters is 1. The first kappa shape index (κ1) is 29.2. The van der Waals surface area contributed by atoms with Gasteiger partial charge in [-0.1, -0.05) is 91.9 Å². The van der Waals surface area contributed by atoms with E-state index in [1.54, 1.807) is 0 Å². The summed E-state index contributed by atoms with van der Waals surface area (Å²) >= 11 is 0. The third kappa shape index (κ3) is 5.82. The Kier molecular flexibility index (Phi) is 7.93. The van der Waals surface area contributed by atoms with Crippen molar-refractivity contribution in [2.75, 3.05) is 0 Å². The molecule has 7 rings (SSSR count). The molecule has 0 atom stereocenters. The molecule has 0 N–H and O–H groups in total. The number of rotatable bonds is 9. The zero-order chi connectivity index (χ0) is 31.6. The molecule has 6 heteroatoms. The van der Waals surface area contributed by atoms with E-state index in [9.17, 15) is 4.79 Å². The first-order chi connectivity index (χ1) is 22.5. The van der Waals surface area contributed by atoms with E-state index in [2.05, 4.69) is 66.9 Å². The van der Waals surface area contributed by atoms with Crippen LogP contribution in [0.25, 0.3) is 44.7 Å². The number of para-hydroxylation sites is 1. The molecule has 228 valence electrons. The molecule has 0 fully saturated rings. The van der Waals surface area contributed by atoms with Gasteiger partial charge in [0.2, 0.25) is 5.89 Å². The van der Waals surface area contributed by atoms with Gasteiger partial charge in [0.25, 0.3) is 0 Å². The molecule has 7 aromatic rings. The van der Waals surface area contributed by atoms with Gasteiger partial charge in [-0.05, 0) is 59.9 Å². The van der Waals surface area contributed by atoms with Crippen LogP contribution < -0.4 is 4.74 Å². The lowest BCUT2D eigenvalue weighted by Gasteiger charge is -2.14. The van der Waals surface area contributed by atoms with E-state index in [0.29, 0.717) is 18.2 Å². The number of fused-ring (bicyclic) bond motifs is 2. The van der Waals surface area contributed by atoms with Gasteiger partial charge >= 0.3 is 5.97 Å². The average Bonchev–Trinajstić information content (AvgIpc) is 3.65. The number of oxazole rings is 1. The Labute approximate surface area is 268 Å². The highest BCUT2D eigenvalue weighted by Crippen LogP contribution is 2.34. The SMILES string of the molecule is CCCc1nc2c(C)cc(-c3nc4cccc(Cc5ccccc5)c4o3)cc2n1Cc1ccc(-c2ccccc2)c(OC(C)=O)c1. The summed E-state index contributed by atoms with van der Waals surface area (Å²) in [5.41, 5.74) is 10.9. The second kappa shape index (κ2) is 12.5. The van der Waals surface area contributed by atoms with Gasteiger partial charge in [0.05, 0.1) is 11.0 Å². The zero-order valence-electron chi connectivity index (χ0n) is 26.3. The summed E-state index contributed by atoms with van der Waals surface area (Å²) in [6, 6.07) is 36.9. The maximum Gasteiger partial charge on any atom is 0.308 e. The van der Waals surface area contributed by atoms with Gasteiger partial charge in [0, 0.05) is 43.0 Å². The third-order valence-electron chi connectivity index (χ3n) is 8.30. The minimum atomic E-state index is -0.348. The van der Waals surface area contributed by atoms with E-state index < -0.39 is 0 Å². The maximum absolute atomic E-state index is 12.1. The Morgan fingerprint density at radius 1 is 0.826 bits per heavy atom. The molecule has 0 amide bonds. The molecule has 0 saturated heterocycles. The van der Waals surface area contributed by atoms with Crippen molar-refractivity contribution in [3.63, 3.8) is 0 Å². The van der Waals surface area contributed by atoms with Crippen LogP contribution in [0.15, 0.2) is 114 Å². The first-order valence-corrected chi connectivity index (χ1v) is 15.8. The van der Waals surface area contributed by atoms with Crippen molar-refractivity contribution in [1.29, 1.82) is 0 Å². The van der Waals surface area contributed by atoms with Gasteiger partial charge < -0.3 is 13.7 Å². The lowest BCUT2D eigenvalue weighted by Crippen LogP contribution is -2.07. The highest BCUT2D eigenvalue weighted by molar-refractivity contribution is 5.86. The molecule has 0 spiro atoms. The Balaban J connectivity index is 1.30. The van der Waals surface area contributed by atoms with E-state index in [4.69, 9.17) is 19.1 Å². The van der Waals surface area contributed by atoms with Gasteiger partial charge in [-0.15, -0.1) is 0 Å². The first-order valence-electron chi connectivity index (χ1n) is 15.8. The summed E-state index contributed by atoms with van der Waals surface area (Å²) in [6.07, 6.45) is 2.58. The second-order valence-corrected chi connectivity index (χ2v) is 11.8. The smallest absolute Gasteiger partial charge is 0.308 e. The molecule has 5 aromatic carbocycles. The topological polar surface area (TPSA) is 70.2 Å². The van der Waals surface area contributed by atoms with E-state index >= 15 is 0 Å². The maximum atomic E-state index is 12.1. The van der Waals surface area contributed by atoms with E-state index in [1.165, 1.54) is 12.5 Å². The van der Waals surface area contributed by atoms with Crippen molar-refractivity contribution in [3.05, 3.63) is 137 Å². The number of aromatic nitrogens is 3. The van der Waals surface area contributed by atoms with Crippen LogP contribution in [0.5, 0.6) is 5.75 Å². The van der Waals surface area contributed by atoms with Gasteiger partial charge in [0.1, 0.15) is 17.1 Å². The fraction of sp³-hybridized carbons (Fsp3) is 0.175. The van der Waals surface area contributed by atoms with E-state index in [-0.39, 0.29) is 5.97 Å². The largest absolute Gasteiger partial charge is 0.436 e. The van der Waals surface area contributed by atoms with Crippen LogP contribution in [0.1, 0.15) is 48.3 Å². The predicted molar refractivity (Wildman–Crippen MR) is 183 cm³/mol. The van der Waals surface area contributed by atoms with Crippen LogP contribution in [0, 0.1) is 6.92 Å². The zero-order valence-corrected chi connectivity index (χ0v) is 26.3. The van der Waals surface area contributed by atoms with E-state index in [0.717, 1.165) is 80.6 Å². The Bertz CT molecular complexity index is 2180. The Morgan fingerprint density at radius 2 is 1.61 bits per heavy atom. The number of imidazole rings is 1. The average molecular weight is 606 g/mol. The number of carbonyl (C=O) groups excluding carboxylic acids is 1. The quantitative estimate of drug-likeness (QED) is 0.121. The molecule has 2 aromatic heterocycles. The van der Waals surface area contributed by atoms with Crippen LogP contribution in [-0.4, -0.2) is 20.5 Å². The fourth-order valence-corrected chi connectivity index (χ4v) is 6.18. The second-order valence-electron chi connectivity index (χ2n) is 11.8. The molecule has 0 saturated carbocycles. The third-order valence-corrected chi connectivity index (χ3v) is 8.30. The molecular weight excluding hydrogens is 570 g/mol. The molecule has 0 bridgehead atoms. The summed E-state index contributed by atoms with van der Waals surface area (Å²) in [4.78, 5) is 22.1. The molecule has 0 unspecified atom stereocenters.